The summed E-state index contributed by atoms with van der Waals surface area (Å²) < 4.78 is 5.35. The number of amides is 3. The summed E-state index contributed by atoms with van der Waals surface area (Å²) in [6, 6.07) is 7.21. The van der Waals surface area contributed by atoms with Gasteiger partial charge in [0.2, 0.25) is 0 Å². The molecule has 1 aromatic rings. The molecule has 6 nitrogen and oxygen atoms in total. The van der Waals surface area contributed by atoms with Crippen LogP contribution in [0.2, 0.25) is 5.02 Å². The van der Waals surface area contributed by atoms with Crippen LogP contribution >= 0.6 is 11.6 Å². The summed E-state index contributed by atoms with van der Waals surface area (Å²) in [4.78, 5) is 27.5. The van der Waals surface area contributed by atoms with E-state index in [2.05, 4.69) is 5.32 Å². The number of benzene rings is 1. The quantitative estimate of drug-likeness (QED) is 0.888. The lowest BCUT2D eigenvalue weighted by Gasteiger charge is -2.35. The highest BCUT2D eigenvalue weighted by Crippen LogP contribution is 2.12. The number of urea groups is 1. The molecule has 0 bridgehead atoms. The van der Waals surface area contributed by atoms with Gasteiger partial charge in [-0.1, -0.05) is 23.7 Å². The van der Waals surface area contributed by atoms with Crippen LogP contribution in [0, 0.1) is 0 Å². The number of halogens is 1. The number of hydrogen-bond acceptors (Lipinski definition) is 3. The number of hydrogen-bond donors (Lipinski definition) is 1. The molecule has 1 fully saturated rings. The molecule has 132 valence electrons. The van der Waals surface area contributed by atoms with Crippen LogP contribution < -0.4 is 5.32 Å². The Morgan fingerprint density at radius 1 is 1.08 bits per heavy atom. The molecule has 0 saturated carbocycles. The molecule has 1 aliphatic heterocycles. The van der Waals surface area contributed by atoms with Crippen LogP contribution in [0.15, 0.2) is 24.3 Å². The molecular weight excluding hydrogens is 330 g/mol. The van der Waals surface area contributed by atoms with E-state index in [-0.39, 0.29) is 12.1 Å². The monoisotopic (exact) mass is 353 g/mol. The number of rotatable bonds is 2. The molecule has 24 heavy (non-hydrogen) atoms. The number of ether oxygens (including phenoxy) is 1. The number of carbonyl (C=O) groups excluding carboxylic acids is 2. The minimum atomic E-state index is -0.510. The lowest BCUT2D eigenvalue weighted by molar-refractivity contribution is 0.0170. The van der Waals surface area contributed by atoms with Crippen molar-refractivity contribution in [3.63, 3.8) is 0 Å². The van der Waals surface area contributed by atoms with Crippen molar-refractivity contribution in [3.8, 4) is 0 Å². The van der Waals surface area contributed by atoms with Gasteiger partial charge in [-0.05, 0) is 38.5 Å². The molecular formula is C17H24ClN3O3. The second-order valence-corrected chi connectivity index (χ2v) is 7.18. The first-order chi connectivity index (χ1) is 11.2. The third-order valence-electron chi connectivity index (χ3n) is 3.58. The Kier molecular flexibility index (Phi) is 5.94. The third kappa shape index (κ3) is 5.60. The molecule has 1 aliphatic rings. The fourth-order valence-corrected chi connectivity index (χ4v) is 2.44. The van der Waals surface area contributed by atoms with Gasteiger partial charge in [-0.25, -0.2) is 9.59 Å². The average molecular weight is 354 g/mol. The SMILES string of the molecule is CC(C)(C)OC(=O)N1CCN(C(=O)NCc2ccc(Cl)cc2)CC1. The van der Waals surface area contributed by atoms with Crippen LogP contribution in [0.5, 0.6) is 0 Å². The number of piperazine rings is 1. The maximum absolute atomic E-state index is 12.2. The number of nitrogens with one attached hydrogen (secondary N) is 1. The van der Waals surface area contributed by atoms with E-state index in [4.69, 9.17) is 16.3 Å². The van der Waals surface area contributed by atoms with Crippen LogP contribution in [0.1, 0.15) is 26.3 Å². The van der Waals surface area contributed by atoms with Gasteiger partial charge in [0.25, 0.3) is 0 Å². The first-order valence-corrected chi connectivity index (χ1v) is 8.37. The van der Waals surface area contributed by atoms with Crippen LogP contribution in [-0.4, -0.2) is 53.7 Å². The molecule has 0 aromatic heterocycles. The van der Waals surface area contributed by atoms with Gasteiger partial charge in [0.05, 0.1) is 0 Å². The number of nitrogens with zero attached hydrogens (tertiary/aromatic N) is 2. The largest absolute Gasteiger partial charge is 0.444 e. The lowest BCUT2D eigenvalue weighted by Crippen LogP contribution is -2.53. The van der Waals surface area contributed by atoms with Crippen molar-refractivity contribution in [2.75, 3.05) is 26.2 Å². The molecule has 3 amide bonds. The predicted octanol–water partition coefficient (Wildman–Crippen LogP) is 3.10. The van der Waals surface area contributed by atoms with Crippen molar-refractivity contribution in [1.82, 2.24) is 15.1 Å². The van der Waals surface area contributed by atoms with Crippen molar-refractivity contribution in [3.05, 3.63) is 34.9 Å². The van der Waals surface area contributed by atoms with E-state index in [1.807, 2.05) is 32.9 Å². The van der Waals surface area contributed by atoms with Gasteiger partial charge in [0.15, 0.2) is 0 Å². The van der Waals surface area contributed by atoms with Gasteiger partial charge in [0, 0.05) is 37.7 Å². The van der Waals surface area contributed by atoms with E-state index < -0.39 is 5.60 Å². The maximum Gasteiger partial charge on any atom is 0.410 e. The molecule has 0 radical (unpaired) electrons. The van der Waals surface area contributed by atoms with Gasteiger partial charge in [0.1, 0.15) is 5.60 Å². The van der Waals surface area contributed by atoms with Crippen LogP contribution in [-0.2, 0) is 11.3 Å². The Hall–Kier alpha value is -1.95. The van der Waals surface area contributed by atoms with Crippen molar-refractivity contribution in [1.29, 1.82) is 0 Å². The highest BCUT2D eigenvalue weighted by molar-refractivity contribution is 6.30. The van der Waals surface area contributed by atoms with Crippen molar-refractivity contribution < 1.29 is 14.3 Å². The van der Waals surface area contributed by atoms with E-state index in [0.717, 1.165) is 5.56 Å². The fraction of sp³-hybridized carbons (Fsp3) is 0.529. The number of carbonyl (C=O) groups is 2. The summed E-state index contributed by atoms with van der Waals surface area (Å²) in [5.74, 6) is 0. The molecule has 0 spiro atoms. The zero-order valence-corrected chi connectivity index (χ0v) is 15.1. The van der Waals surface area contributed by atoms with Crippen molar-refractivity contribution in [2.24, 2.45) is 0 Å². The zero-order valence-electron chi connectivity index (χ0n) is 14.3. The van der Waals surface area contributed by atoms with Crippen LogP contribution in [0.3, 0.4) is 0 Å². The molecule has 0 atom stereocenters. The molecule has 0 aliphatic carbocycles. The Labute approximate surface area is 147 Å². The summed E-state index contributed by atoms with van der Waals surface area (Å²) in [5, 5.41) is 3.55. The summed E-state index contributed by atoms with van der Waals surface area (Å²) in [7, 11) is 0. The summed E-state index contributed by atoms with van der Waals surface area (Å²) >= 11 is 5.84. The molecule has 2 rings (SSSR count). The predicted molar refractivity (Wildman–Crippen MR) is 93.1 cm³/mol. The maximum atomic E-state index is 12.2. The Morgan fingerprint density at radius 2 is 1.62 bits per heavy atom. The molecule has 1 aromatic carbocycles. The van der Waals surface area contributed by atoms with Crippen molar-refractivity contribution >= 4 is 23.7 Å². The minimum Gasteiger partial charge on any atom is -0.444 e. The topological polar surface area (TPSA) is 61.9 Å². The van der Waals surface area contributed by atoms with Gasteiger partial charge < -0.3 is 19.9 Å². The van der Waals surface area contributed by atoms with E-state index in [1.54, 1.807) is 21.9 Å². The standard InChI is InChI=1S/C17H24ClN3O3/c1-17(2,3)24-16(23)21-10-8-20(9-11-21)15(22)19-12-13-4-6-14(18)7-5-13/h4-7H,8-12H2,1-3H3,(H,19,22). The molecule has 0 unspecified atom stereocenters. The van der Waals surface area contributed by atoms with Gasteiger partial charge in [-0.15, -0.1) is 0 Å². The highest BCUT2D eigenvalue weighted by Gasteiger charge is 2.27. The Morgan fingerprint density at radius 3 is 2.17 bits per heavy atom. The smallest absolute Gasteiger partial charge is 0.410 e. The zero-order chi connectivity index (χ0) is 17.7. The molecule has 1 heterocycles. The van der Waals surface area contributed by atoms with E-state index in [1.165, 1.54) is 0 Å². The molecule has 1 saturated heterocycles. The van der Waals surface area contributed by atoms with Crippen LogP contribution in [0.25, 0.3) is 0 Å². The molecule has 7 heteroatoms. The Balaban J connectivity index is 1.76. The third-order valence-corrected chi connectivity index (χ3v) is 3.83. The normalized spacial score (nSPS) is 15.2. The minimum absolute atomic E-state index is 0.131. The summed E-state index contributed by atoms with van der Waals surface area (Å²) in [6.45, 7) is 7.90. The van der Waals surface area contributed by atoms with Crippen LogP contribution in [0.4, 0.5) is 9.59 Å². The summed E-state index contributed by atoms with van der Waals surface area (Å²) in [6.07, 6.45) is -0.330. The lowest BCUT2D eigenvalue weighted by atomic mass is 10.2. The van der Waals surface area contributed by atoms with Gasteiger partial charge in [-0.3, -0.25) is 0 Å². The molecule has 1 N–H and O–H groups in total. The van der Waals surface area contributed by atoms with E-state index in [0.29, 0.717) is 37.7 Å². The second kappa shape index (κ2) is 7.75. The Bertz CT molecular complexity index is 576. The first-order valence-electron chi connectivity index (χ1n) is 8.00. The average Bonchev–Trinajstić information content (AvgIpc) is 2.52. The first kappa shape index (κ1) is 18.4. The second-order valence-electron chi connectivity index (χ2n) is 6.74. The van der Waals surface area contributed by atoms with Gasteiger partial charge >= 0.3 is 12.1 Å². The van der Waals surface area contributed by atoms with Gasteiger partial charge in [-0.2, -0.15) is 0 Å². The van der Waals surface area contributed by atoms with Crippen molar-refractivity contribution in [2.45, 2.75) is 32.9 Å². The summed E-state index contributed by atoms with van der Waals surface area (Å²) in [5.41, 5.74) is 0.476. The highest BCUT2D eigenvalue weighted by atomic mass is 35.5. The van der Waals surface area contributed by atoms with E-state index in [9.17, 15) is 9.59 Å². The fourth-order valence-electron chi connectivity index (χ4n) is 2.31. The van der Waals surface area contributed by atoms with E-state index >= 15 is 0 Å².